The summed E-state index contributed by atoms with van der Waals surface area (Å²) in [5, 5.41) is 4.94. The number of nitrogens with zero attached hydrogens (tertiary/aromatic N) is 2. The van der Waals surface area contributed by atoms with Gasteiger partial charge in [0.1, 0.15) is 0 Å². The average Bonchev–Trinajstić information content (AvgIpc) is 2.76. The predicted molar refractivity (Wildman–Crippen MR) is 79.3 cm³/mol. The van der Waals surface area contributed by atoms with Gasteiger partial charge in [0, 0.05) is 11.6 Å². The fourth-order valence-corrected chi connectivity index (χ4v) is 2.78. The Morgan fingerprint density at radius 3 is 2.50 bits per heavy atom. The molecule has 1 rings (SSSR count). The lowest BCUT2D eigenvalue weighted by atomic mass is 10.0. The lowest BCUT2D eigenvalue weighted by molar-refractivity contribution is 0.424. The summed E-state index contributed by atoms with van der Waals surface area (Å²) in [5.41, 5.74) is 1.18. The van der Waals surface area contributed by atoms with Crippen LogP contribution in [0, 0.1) is 5.92 Å². The normalized spacial score (nSPS) is 13.5. The Hall–Kier alpha value is -0.500. The highest BCUT2D eigenvalue weighted by molar-refractivity contribution is 6.20. The van der Waals surface area contributed by atoms with Crippen molar-refractivity contribution in [3.8, 4) is 0 Å². The predicted octanol–water partition coefficient (Wildman–Crippen LogP) is 4.83. The van der Waals surface area contributed by atoms with Crippen molar-refractivity contribution in [2.75, 3.05) is 0 Å². The van der Waals surface area contributed by atoms with Crippen LogP contribution < -0.4 is 0 Å². The van der Waals surface area contributed by atoms with Crippen molar-refractivity contribution in [1.29, 1.82) is 0 Å². The van der Waals surface area contributed by atoms with Crippen molar-refractivity contribution in [1.82, 2.24) is 9.78 Å². The molecule has 0 spiro atoms. The Labute approximate surface area is 117 Å². The molecule has 1 aromatic rings. The second-order valence-corrected chi connectivity index (χ2v) is 6.14. The highest BCUT2D eigenvalue weighted by Crippen LogP contribution is 2.18. The van der Waals surface area contributed by atoms with E-state index in [1.165, 1.54) is 5.69 Å². The first kappa shape index (κ1) is 15.6. The fourth-order valence-electron chi connectivity index (χ4n) is 2.31. The molecule has 1 aromatic heterocycles. The van der Waals surface area contributed by atoms with Crippen LogP contribution in [0.2, 0.25) is 0 Å². The van der Waals surface area contributed by atoms with Gasteiger partial charge in [-0.3, -0.25) is 4.68 Å². The van der Waals surface area contributed by atoms with Gasteiger partial charge in [0.15, 0.2) is 0 Å². The molecule has 0 fully saturated rings. The number of hydrogen-bond donors (Lipinski definition) is 0. The highest BCUT2D eigenvalue weighted by Gasteiger charge is 2.11. The lowest BCUT2D eigenvalue weighted by Gasteiger charge is -2.13. The van der Waals surface area contributed by atoms with Gasteiger partial charge in [-0.2, -0.15) is 5.10 Å². The van der Waals surface area contributed by atoms with E-state index in [2.05, 4.69) is 49.7 Å². The van der Waals surface area contributed by atoms with Gasteiger partial charge in [-0.25, -0.2) is 0 Å². The summed E-state index contributed by atoms with van der Waals surface area (Å²) in [7, 11) is 0. The van der Waals surface area contributed by atoms with Crippen molar-refractivity contribution < 1.29 is 0 Å². The Morgan fingerprint density at radius 1 is 1.28 bits per heavy atom. The van der Waals surface area contributed by atoms with Crippen molar-refractivity contribution in [3.63, 3.8) is 0 Å². The molecule has 0 radical (unpaired) electrons. The second kappa shape index (κ2) is 7.83. The van der Waals surface area contributed by atoms with E-state index < -0.39 is 0 Å². The molecule has 0 saturated carbocycles. The summed E-state index contributed by atoms with van der Waals surface area (Å²) in [4.78, 5) is 0. The van der Waals surface area contributed by atoms with Gasteiger partial charge in [-0.05, 0) is 44.1 Å². The third-order valence-electron chi connectivity index (χ3n) is 3.42. The Kier molecular flexibility index (Phi) is 6.77. The van der Waals surface area contributed by atoms with Gasteiger partial charge in [0.2, 0.25) is 0 Å². The zero-order valence-corrected chi connectivity index (χ0v) is 13.0. The SMILES string of the molecule is CCC(CC)n1ccc(CCC(Cl)CC(C)C)n1. The van der Waals surface area contributed by atoms with E-state index in [4.69, 9.17) is 11.6 Å². The Balaban J connectivity index is 2.44. The molecule has 0 bridgehead atoms. The lowest BCUT2D eigenvalue weighted by Crippen LogP contribution is -2.09. The minimum absolute atomic E-state index is 0.281. The molecule has 0 amide bonds. The molecule has 1 unspecified atom stereocenters. The van der Waals surface area contributed by atoms with Crippen LogP contribution in [-0.2, 0) is 6.42 Å². The molecule has 0 aromatic carbocycles. The molecule has 0 aliphatic rings. The summed E-state index contributed by atoms with van der Waals surface area (Å²) < 4.78 is 2.11. The zero-order chi connectivity index (χ0) is 13.5. The molecule has 2 nitrogen and oxygen atoms in total. The van der Waals surface area contributed by atoms with Crippen LogP contribution >= 0.6 is 11.6 Å². The second-order valence-electron chi connectivity index (χ2n) is 5.52. The van der Waals surface area contributed by atoms with Crippen molar-refractivity contribution in [3.05, 3.63) is 18.0 Å². The topological polar surface area (TPSA) is 17.8 Å². The molecule has 3 heteroatoms. The van der Waals surface area contributed by atoms with Gasteiger partial charge in [0.05, 0.1) is 11.7 Å². The highest BCUT2D eigenvalue weighted by atomic mass is 35.5. The van der Waals surface area contributed by atoms with Gasteiger partial charge in [-0.15, -0.1) is 11.6 Å². The van der Waals surface area contributed by atoms with Crippen molar-refractivity contribution >= 4 is 11.6 Å². The largest absolute Gasteiger partial charge is 0.269 e. The molecule has 0 N–H and O–H groups in total. The summed E-state index contributed by atoms with van der Waals surface area (Å²) in [6.07, 6.45) is 7.51. The zero-order valence-electron chi connectivity index (χ0n) is 12.2. The van der Waals surface area contributed by atoms with Crippen LogP contribution in [0.1, 0.15) is 65.1 Å². The van der Waals surface area contributed by atoms with Crippen molar-refractivity contribution in [2.24, 2.45) is 5.92 Å². The minimum atomic E-state index is 0.281. The molecule has 18 heavy (non-hydrogen) atoms. The molecule has 104 valence electrons. The van der Waals surface area contributed by atoms with Crippen LogP contribution in [0.4, 0.5) is 0 Å². The number of hydrogen-bond acceptors (Lipinski definition) is 1. The maximum atomic E-state index is 6.32. The number of aromatic nitrogens is 2. The van der Waals surface area contributed by atoms with E-state index in [-0.39, 0.29) is 5.38 Å². The van der Waals surface area contributed by atoms with E-state index >= 15 is 0 Å². The average molecular weight is 271 g/mol. The number of rotatable bonds is 8. The number of alkyl halides is 1. The molecule has 0 saturated heterocycles. The van der Waals surface area contributed by atoms with Crippen LogP contribution in [0.3, 0.4) is 0 Å². The van der Waals surface area contributed by atoms with Gasteiger partial charge in [0.25, 0.3) is 0 Å². The Morgan fingerprint density at radius 2 is 1.94 bits per heavy atom. The maximum absolute atomic E-state index is 6.32. The first-order valence-electron chi connectivity index (χ1n) is 7.24. The number of aryl methyl sites for hydroxylation is 1. The third-order valence-corrected chi connectivity index (χ3v) is 3.82. The van der Waals surface area contributed by atoms with Gasteiger partial charge < -0.3 is 0 Å². The maximum Gasteiger partial charge on any atom is 0.0625 e. The molecular weight excluding hydrogens is 244 g/mol. The first-order chi connectivity index (χ1) is 8.56. The van der Waals surface area contributed by atoms with Crippen LogP contribution in [0.5, 0.6) is 0 Å². The van der Waals surface area contributed by atoms with Gasteiger partial charge >= 0.3 is 0 Å². The summed E-state index contributed by atoms with van der Waals surface area (Å²) >= 11 is 6.32. The van der Waals surface area contributed by atoms with E-state index in [9.17, 15) is 0 Å². The summed E-state index contributed by atoms with van der Waals surface area (Å²) in [5.74, 6) is 0.676. The van der Waals surface area contributed by atoms with Crippen LogP contribution in [-0.4, -0.2) is 15.2 Å². The third kappa shape index (κ3) is 5.01. The van der Waals surface area contributed by atoms with E-state index in [1.54, 1.807) is 0 Å². The Bertz CT molecular complexity index is 329. The van der Waals surface area contributed by atoms with E-state index in [0.717, 1.165) is 32.1 Å². The quantitative estimate of drug-likeness (QED) is 0.619. The standard InChI is InChI=1S/C15H27ClN2/c1-5-15(6-2)18-10-9-14(17-18)8-7-13(16)11-12(3)4/h9-10,12-13,15H,5-8,11H2,1-4H3. The first-order valence-corrected chi connectivity index (χ1v) is 7.68. The molecule has 0 aliphatic carbocycles. The van der Waals surface area contributed by atoms with Gasteiger partial charge in [-0.1, -0.05) is 27.7 Å². The summed E-state index contributed by atoms with van der Waals surface area (Å²) in [6, 6.07) is 2.68. The molecular formula is C15H27ClN2. The smallest absolute Gasteiger partial charge is 0.0625 e. The monoisotopic (exact) mass is 270 g/mol. The molecule has 1 heterocycles. The van der Waals surface area contributed by atoms with E-state index in [0.29, 0.717) is 12.0 Å². The van der Waals surface area contributed by atoms with Crippen molar-refractivity contribution in [2.45, 2.75) is 71.2 Å². The minimum Gasteiger partial charge on any atom is -0.269 e. The van der Waals surface area contributed by atoms with E-state index in [1.807, 2.05) is 0 Å². The number of halogens is 1. The molecule has 1 atom stereocenters. The fraction of sp³-hybridized carbons (Fsp3) is 0.800. The molecule has 0 aliphatic heterocycles. The van der Waals surface area contributed by atoms with Crippen LogP contribution in [0.25, 0.3) is 0 Å². The van der Waals surface area contributed by atoms with Crippen LogP contribution in [0.15, 0.2) is 12.3 Å². The summed E-state index contributed by atoms with van der Waals surface area (Å²) in [6.45, 7) is 8.87.